The van der Waals surface area contributed by atoms with Crippen LogP contribution in [0.15, 0.2) is 42.5 Å². The Morgan fingerprint density at radius 1 is 0.964 bits per heavy atom. The fourth-order valence-corrected chi connectivity index (χ4v) is 4.34. The van der Waals surface area contributed by atoms with Crippen LogP contribution >= 0.6 is 11.6 Å². The third kappa shape index (κ3) is 4.23. The molecule has 0 bridgehead atoms. The second kappa shape index (κ2) is 8.21. The van der Waals surface area contributed by atoms with Crippen LogP contribution in [0.3, 0.4) is 0 Å². The first-order valence-corrected chi connectivity index (χ1v) is 10.3. The first kappa shape index (κ1) is 19.4. The normalized spacial score (nSPS) is 23.2. The van der Waals surface area contributed by atoms with Crippen LogP contribution in [0.1, 0.15) is 39.5 Å². The van der Waals surface area contributed by atoms with E-state index in [0.717, 1.165) is 54.3 Å². The zero-order valence-electron chi connectivity index (χ0n) is 16.4. The lowest BCUT2D eigenvalue weighted by Crippen LogP contribution is -2.55. The van der Waals surface area contributed by atoms with Crippen molar-refractivity contribution in [1.29, 1.82) is 0 Å². The Morgan fingerprint density at radius 2 is 1.61 bits per heavy atom. The van der Waals surface area contributed by atoms with E-state index < -0.39 is 0 Å². The number of amides is 1. The van der Waals surface area contributed by atoms with Crippen LogP contribution in [-0.2, 0) is 0 Å². The van der Waals surface area contributed by atoms with Gasteiger partial charge in [0.25, 0.3) is 5.91 Å². The third-order valence-electron chi connectivity index (χ3n) is 5.67. The molecule has 2 saturated heterocycles. The SMILES string of the molecule is Cc1cc(C)cc(C(=O)N2CCN(C3CC(c4ccc(Cl)cc4)NN3)CC2)c1. The minimum Gasteiger partial charge on any atom is -0.336 e. The largest absolute Gasteiger partial charge is 0.336 e. The number of carbonyl (C=O) groups is 1. The van der Waals surface area contributed by atoms with Crippen LogP contribution in [0.5, 0.6) is 0 Å². The summed E-state index contributed by atoms with van der Waals surface area (Å²) in [5.41, 5.74) is 11.1. The van der Waals surface area contributed by atoms with Crippen LogP contribution < -0.4 is 10.9 Å². The summed E-state index contributed by atoms with van der Waals surface area (Å²) in [7, 11) is 0. The number of hydrogen-bond donors (Lipinski definition) is 2. The summed E-state index contributed by atoms with van der Waals surface area (Å²) in [5, 5.41) is 0.760. The lowest BCUT2D eigenvalue weighted by atomic mass is 10.0. The van der Waals surface area contributed by atoms with Gasteiger partial charge in [-0.25, -0.2) is 10.9 Å². The Morgan fingerprint density at radius 3 is 2.25 bits per heavy atom. The summed E-state index contributed by atoms with van der Waals surface area (Å²) in [5.74, 6) is 0.142. The van der Waals surface area contributed by atoms with Crippen molar-refractivity contribution >= 4 is 17.5 Å². The zero-order chi connectivity index (χ0) is 19.7. The molecule has 2 aliphatic rings. The molecule has 28 heavy (non-hydrogen) atoms. The van der Waals surface area contributed by atoms with Crippen LogP contribution in [0, 0.1) is 13.8 Å². The molecule has 2 unspecified atom stereocenters. The molecule has 0 saturated carbocycles. The zero-order valence-corrected chi connectivity index (χ0v) is 17.2. The molecule has 0 aromatic heterocycles. The molecule has 2 atom stereocenters. The first-order valence-electron chi connectivity index (χ1n) is 9.88. The van der Waals surface area contributed by atoms with Crippen LogP contribution in [0.4, 0.5) is 0 Å². The highest BCUT2D eigenvalue weighted by atomic mass is 35.5. The van der Waals surface area contributed by atoms with Crippen molar-refractivity contribution in [2.75, 3.05) is 26.2 Å². The Balaban J connectivity index is 1.33. The molecule has 2 aromatic rings. The topological polar surface area (TPSA) is 47.6 Å². The molecular weight excluding hydrogens is 372 g/mol. The minimum absolute atomic E-state index is 0.142. The standard InChI is InChI=1S/C22H27ClN4O/c1-15-11-16(2)13-18(12-15)22(28)27-9-7-26(8-10-27)21-14-20(24-25-21)17-3-5-19(23)6-4-17/h3-6,11-13,20-21,24-25H,7-10,14H2,1-2H3. The molecule has 2 N–H and O–H groups in total. The monoisotopic (exact) mass is 398 g/mol. The van der Waals surface area contributed by atoms with E-state index in [2.05, 4.69) is 34.0 Å². The van der Waals surface area contributed by atoms with E-state index in [9.17, 15) is 4.79 Å². The van der Waals surface area contributed by atoms with Gasteiger partial charge in [-0.15, -0.1) is 0 Å². The third-order valence-corrected chi connectivity index (χ3v) is 5.92. The molecule has 5 nitrogen and oxygen atoms in total. The molecule has 2 fully saturated rings. The number of nitrogens with zero attached hydrogens (tertiary/aromatic N) is 2. The van der Waals surface area contributed by atoms with E-state index >= 15 is 0 Å². The Labute approximate surface area is 171 Å². The van der Waals surface area contributed by atoms with Crippen molar-refractivity contribution in [2.24, 2.45) is 0 Å². The summed E-state index contributed by atoms with van der Waals surface area (Å²) >= 11 is 5.99. The lowest BCUT2D eigenvalue weighted by molar-refractivity contribution is 0.0544. The molecule has 148 valence electrons. The van der Waals surface area contributed by atoms with Gasteiger partial charge in [0.15, 0.2) is 0 Å². The van der Waals surface area contributed by atoms with Crippen molar-refractivity contribution < 1.29 is 4.79 Å². The minimum atomic E-state index is 0.142. The number of benzene rings is 2. The van der Waals surface area contributed by atoms with Crippen molar-refractivity contribution in [3.63, 3.8) is 0 Å². The summed E-state index contributed by atoms with van der Waals surface area (Å²) in [6.45, 7) is 7.35. The lowest BCUT2D eigenvalue weighted by Gasteiger charge is -2.37. The highest BCUT2D eigenvalue weighted by molar-refractivity contribution is 6.30. The molecule has 0 spiro atoms. The highest BCUT2D eigenvalue weighted by Crippen LogP contribution is 2.25. The Bertz CT molecular complexity index is 826. The molecule has 1 amide bonds. The van der Waals surface area contributed by atoms with Crippen molar-refractivity contribution in [3.8, 4) is 0 Å². The first-order chi connectivity index (χ1) is 13.5. The van der Waals surface area contributed by atoms with Crippen molar-refractivity contribution in [1.82, 2.24) is 20.7 Å². The molecule has 2 heterocycles. The number of rotatable bonds is 3. The predicted octanol–water partition coefficient (Wildman–Crippen LogP) is 3.28. The van der Waals surface area contributed by atoms with Gasteiger partial charge in [-0.05, 0) is 50.1 Å². The number of hydrogen-bond acceptors (Lipinski definition) is 4. The number of halogens is 1. The number of aryl methyl sites for hydroxylation is 2. The number of nitrogens with one attached hydrogen (secondary N) is 2. The van der Waals surface area contributed by atoms with E-state index in [-0.39, 0.29) is 18.1 Å². The van der Waals surface area contributed by atoms with E-state index in [1.54, 1.807) is 0 Å². The van der Waals surface area contributed by atoms with Crippen molar-refractivity contribution in [3.05, 3.63) is 69.7 Å². The summed E-state index contributed by atoms with van der Waals surface area (Å²) in [6, 6.07) is 14.4. The van der Waals surface area contributed by atoms with Gasteiger partial charge in [-0.2, -0.15) is 0 Å². The second-order valence-electron chi connectivity index (χ2n) is 7.85. The average molecular weight is 399 g/mol. The predicted molar refractivity (Wildman–Crippen MR) is 112 cm³/mol. The number of hydrazine groups is 1. The molecule has 0 aliphatic carbocycles. The molecule has 0 radical (unpaired) electrons. The number of piperazine rings is 1. The molecule has 2 aromatic carbocycles. The molecule has 4 rings (SSSR count). The fourth-order valence-electron chi connectivity index (χ4n) is 4.21. The van der Waals surface area contributed by atoms with E-state index in [1.807, 2.05) is 43.0 Å². The Kier molecular flexibility index (Phi) is 5.69. The van der Waals surface area contributed by atoms with Crippen LogP contribution in [0.2, 0.25) is 5.02 Å². The maximum Gasteiger partial charge on any atom is 0.253 e. The maximum absolute atomic E-state index is 12.9. The van der Waals surface area contributed by atoms with Gasteiger partial charge >= 0.3 is 0 Å². The van der Waals surface area contributed by atoms with Crippen LogP contribution in [0.25, 0.3) is 0 Å². The molecule has 2 aliphatic heterocycles. The highest BCUT2D eigenvalue weighted by Gasteiger charge is 2.32. The van der Waals surface area contributed by atoms with Crippen molar-refractivity contribution in [2.45, 2.75) is 32.5 Å². The van der Waals surface area contributed by atoms with Gasteiger partial charge in [-0.3, -0.25) is 9.69 Å². The summed E-state index contributed by atoms with van der Waals surface area (Å²) in [4.78, 5) is 17.3. The van der Waals surface area contributed by atoms with Crippen LogP contribution in [-0.4, -0.2) is 48.1 Å². The smallest absolute Gasteiger partial charge is 0.253 e. The summed E-state index contributed by atoms with van der Waals surface area (Å²) in [6.07, 6.45) is 1.27. The van der Waals surface area contributed by atoms with E-state index in [4.69, 9.17) is 11.6 Å². The van der Waals surface area contributed by atoms with Gasteiger partial charge in [0.05, 0.1) is 6.17 Å². The average Bonchev–Trinajstić information content (AvgIpc) is 3.17. The molecule has 6 heteroatoms. The second-order valence-corrected chi connectivity index (χ2v) is 8.29. The maximum atomic E-state index is 12.9. The number of carbonyl (C=O) groups excluding carboxylic acids is 1. The van der Waals surface area contributed by atoms with Gasteiger partial charge < -0.3 is 4.90 Å². The van der Waals surface area contributed by atoms with Gasteiger partial charge in [0.1, 0.15) is 0 Å². The van der Waals surface area contributed by atoms with Gasteiger partial charge in [0, 0.05) is 42.8 Å². The quantitative estimate of drug-likeness (QED) is 0.833. The van der Waals surface area contributed by atoms with E-state index in [1.165, 1.54) is 5.56 Å². The molecular formula is C22H27ClN4O. The Hall–Kier alpha value is -1.92. The van der Waals surface area contributed by atoms with Gasteiger partial charge in [0.2, 0.25) is 0 Å². The van der Waals surface area contributed by atoms with Gasteiger partial charge in [-0.1, -0.05) is 40.9 Å². The summed E-state index contributed by atoms with van der Waals surface area (Å²) < 4.78 is 0. The fraction of sp³-hybridized carbons (Fsp3) is 0.409. The van der Waals surface area contributed by atoms with E-state index in [0.29, 0.717) is 0 Å².